The number of carbonyl (C=O) groups is 1. The zero-order chi connectivity index (χ0) is 13.4. The number of amides is 1. The van der Waals surface area contributed by atoms with Crippen molar-refractivity contribution in [3.05, 3.63) is 34.9 Å². The fourth-order valence-corrected chi connectivity index (χ4v) is 1.70. The number of aliphatic hydroxyl groups is 1. The van der Waals surface area contributed by atoms with Crippen molar-refractivity contribution < 1.29 is 9.90 Å². The Morgan fingerprint density at radius 3 is 2.18 bits per heavy atom. The van der Waals surface area contributed by atoms with Gasteiger partial charge in [-0.3, -0.25) is 4.79 Å². The van der Waals surface area contributed by atoms with E-state index in [9.17, 15) is 9.90 Å². The van der Waals surface area contributed by atoms with Gasteiger partial charge < -0.3 is 10.4 Å². The minimum atomic E-state index is -0.630. The molecule has 0 fully saturated rings. The zero-order valence-electron chi connectivity index (χ0n) is 11.4. The molecule has 96 valence electrons. The molecule has 0 radical (unpaired) electrons. The summed E-state index contributed by atoms with van der Waals surface area (Å²) in [6.45, 7) is 9.62. The minimum Gasteiger partial charge on any atom is -0.387 e. The molecule has 0 heterocycles. The first-order chi connectivity index (χ1) is 8.02. The number of rotatable bonds is 3. The van der Waals surface area contributed by atoms with Crippen LogP contribution in [0.4, 0.5) is 0 Å². The second-order valence-electron chi connectivity index (χ2n) is 3.76. The van der Waals surface area contributed by atoms with E-state index in [0.717, 1.165) is 16.7 Å². The molecule has 0 aromatic heterocycles. The molecule has 3 nitrogen and oxygen atoms in total. The van der Waals surface area contributed by atoms with Crippen molar-refractivity contribution in [1.29, 1.82) is 0 Å². The molecular weight excluding hydrogens is 214 g/mol. The maximum absolute atomic E-state index is 10.7. The topological polar surface area (TPSA) is 49.3 Å². The fourth-order valence-electron chi connectivity index (χ4n) is 1.70. The average molecular weight is 237 g/mol. The van der Waals surface area contributed by atoms with E-state index in [-0.39, 0.29) is 12.5 Å². The van der Waals surface area contributed by atoms with E-state index in [1.54, 1.807) is 0 Å². The van der Waals surface area contributed by atoms with E-state index in [1.165, 1.54) is 6.92 Å². The van der Waals surface area contributed by atoms with Crippen LogP contribution in [0.25, 0.3) is 0 Å². The number of benzene rings is 1. The van der Waals surface area contributed by atoms with E-state index in [2.05, 4.69) is 5.32 Å². The molecule has 0 saturated carbocycles. The number of aryl methyl sites for hydroxylation is 2. The molecule has 3 heteroatoms. The van der Waals surface area contributed by atoms with Crippen molar-refractivity contribution >= 4 is 5.91 Å². The molecule has 1 aromatic carbocycles. The minimum absolute atomic E-state index is 0.125. The van der Waals surface area contributed by atoms with Gasteiger partial charge in [-0.1, -0.05) is 32.0 Å². The highest BCUT2D eigenvalue weighted by Gasteiger charge is 2.12. The number of hydrogen-bond acceptors (Lipinski definition) is 2. The Hall–Kier alpha value is -1.35. The summed E-state index contributed by atoms with van der Waals surface area (Å²) in [6, 6.07) is 5.87. The Labute approximate surface area is 104 Å². The van der Waals surface area contributed by atoms with Gasteiger partial charge in [-0.05, 0) is 30.5 Å². The van der Waals surface area contributed by atoms with Crippen molar-refractivity contribution in [1.82, 2.24) is 5.32 Å². The molecule has 0 bridgehead atoms. The first kappa shape index (κ1) is 15.7. The third kappa shape index (κ3) is 5.00. The highest BCUT2D eigenvalue weighted by atomic mass is 16.3. The van der Waals surface area contributed by atoms with E-state index in [4.69, 9.17) is 0 Å². The molecule has 0 aliphatic rings. The molecule has 1 rings (SSSR count). The summed E-state index contributed by atoms with van der Waals surface area (Å²) in [4.78, 5) is 10.7. The molecule has 0 spiro atoms. The molecule has 0 aliphatic heterocycles. The molecular formula is C14H23NO2. The van der Waals surface area contributed by atoms with Crippen LogP contribution in [0.15, 0.2) is 18.2 Å². The van der Waals surface area contributed by atoms with Crippen LogP contribution in [-0.2, 0) is 4.79 Å². The largest absolute Gasteiger partial charge is 0.387 e. The lowest BCUT2D eigenvalue weighted by Crippen LogP contribution is -2.26. The van der Waals surface area contributed by atoms with Crippen LogP contribution in [0.3, 0.4) is 0 Å². The number of hydrogen-bond donors (Lipinski definition) is 2. The van der Waals surface area contributed by atoms with Gasteiger partial charge in [-0.2, -0.15) is 0 Å². The van der Waals surface area contributed by atoms with Gasteiger partial charge in [0.25, 0.3) is 0 Å². The third-order valence-electron chi connectivity index (χ3n) is 2.42. The summed E-state index contributed by atoms with van der Waals surface area (Å²) in [5, 5.41) is 12.5. The van der Waals surface area contributed by atoms with E-state index in [1.807, 2.05) is 45.9 Å². The molecule has 17 heavy (non-hydrogen) atoms. The van der Waals surface area contributed by atoms with Crippen molar-refractivity contribution in [2.75, 3.05) is 6.54 Å². The van der Waals surface area contributed by atoms with Gasteiger partial charge in [0, 0.05) is 13.5 Å². The third-order valence-corrected chi connectivity index (χ3v) is 2.42. The SMILES string of the molecule is CC.CC(=O)NCC(O)c1c(C)cccc1C. The van der Waals surface area contributed by atoms with Gasteiger partial charge in [-0.15, -0.1) is 0 Å². The van der Waals surface area contributed by atoms with E-state index < -0.39 is 6.10 Å². The van der Waals surface area contributed by atoms with Crippen LogP contribution in [0, 0.1) is 13.8 Å². The Morgan fingerprint density at radius 2 is 1.76 bits per heavy atom. The summed E-state index contributed by atoms with van der Waals surface area (Å²) in [6.07, 6.45) is -0.630. The van der Waals surface area contributed by atoms with E-state index in [0.29, 0.717) is 0 Å². The Morgan fingerprint density at radius 1 is 1.29 bits per heavy atom. The monoisotopic (exact) mass is 237 g/mol. The molecule has 1 atom stereocenters. The predicted octanol–water partition coefficient (Wildman–Crippen LogP) is 2.50. The molecule has 0 aliphatic carbocycles. The van der Waals surface area contributed by atoms with Crippen LogP contribution in [0.5, 0.6) is 0 Å². The second-order valence-corrected chi connectivity index (χ2v) is 3.76. The van der Waals surface area contributed by atoms with Crippen LogP contribution in [-0.4, -0.2) is 17.6 Å². The molecule has 2 N–H and O–H groups in total. The smallest absolute Gasteiger partial charge is 0.216 e. The highest BCUT2D eigenvalue weighted by Crippen LogP contribution is 2.20. The van der Waals surface area contributed by atoms with Crippen molar-refractivity contribution in [2.24, 2.45) is 0 Å². The van der Waals surface area contributed by atoms with Gasteiger partial charge in [0.2, 0.25) is 5.91 Å². The number of aliphatic hydroxyl groups excluding tert-OH is 1. The van der Waals surface area contributed by atoms with Gasteiger partial charge in [0.05, 0.1) is 6.10 Å². The molecule has 1 unspecified atom stereocenters. The Bertz CT molecular complexity index is 341. The lowest BCUT2D eigenvalue weighted by molar-refractivity contribution is -0.119. The van der Waals surface area contributed by atoms with Crippen molar-refractivity contribution in [3.8, 4) is 0 Å². The van der Waals surface area contributed by atoms with Crippen LogP contribution in [0.1, 0.15) is 43.6 Å². The standard InChI is InChI=1S/C12H17NO2.C2H6/c1-8-5-4-6-9(2)12(8)11(15)7-13-10(3)14;1-2/h4-6,11,15H,7H2,1-3H3,(H,13,14);1-2H3. The van der Waals surface area contributed by atoms with Crippen molar-refractivity contribution in [3.63, 3.8) is 0 Å². The van der Waals surface area contributed by atoms with Crippen molar-refractivity contribution in [2.45, 2.75) is 40.7 Å². The summed E-state index contributed by atoms with van der Waals surface area (Å²) >= 11 is 0. The Kier molecular flexibility index (Phi) is 7.22. The zero-order valence-corrected chi connectivity index (χ0v) is 11.4. The summed E-state index contributed by atoms with van der Waals surface area (Å²) in [5.41, 5.74) is 3.01. The highest BCUT2D eigenvalue weighted by molar-refractivity contribution is 5.72. The van der Waals surface area contributed by atoms with Crippen LogP contribution in [0.2, 0.25) is 0 Å². The lowest BCUT2D eigenvalue weighted by atomic mass is 9.98. The predicted molar refractivity (Wildman–Crippen MR) is 70.9 cm³/mol. The maximum Gasteiger partial charge on any atom is 0.216 e. The van der Waals surface area contributed by atoms with Crippen LogP contribution < -0.4 is 5.32 Å². The van der Waals surface area contributed by atoms with E-state index >= 15 is 0 Å². The molecule has 0 saturated heterocycles. The van der Waals surface area contributed by atoms with Gasteiger partial charge in [-0.25, -0.2) is 0 Å². The molecule has 1 amide bonds. The normalized spacial score (nSPS) is 11.2. The number of nitrogens with one attached hydrogen (secondary N) is 1. The molecule has 1 aromatic rings. The van der Waals surface area contributed by atoms with Crippen LogP contribution >= 0.6 is 0 Å². The quantitative estimate of drug-likeness (QED) is 0.848. The Balaban J connectivity index is 0.00000121. The average Bonchev–Trinajstić information content (AvgIpc) is 2.29. The summed E-state index contributed by atoms with van der Waals surface area (Å²) in [5.74, 6) is -0.125. The summed E-state index contributed by atoms with van der Waals surface area (Å²) < 4.78 is 0. The number of carbonyl (C=O) groups excluding carboxylic acids is 1. The van der Waals surface area contributed by atoms with Gasteiger partial charge in [0.15, 0.2) is 0 Å². The summed E-state index contributed by atoms with van der Waals surface area (Å²) in [7, 11) is 0. The fraction of sp³-hybridized carbons (Fsp3) is 0.500. The first-order valence-corrected chi connectivity index (χ1v) is 6.01. The van der Waals surface area contributed by atoms with Gasteiger partial charge in [0.1, 0.15) is 0 Å². The van der Waals surface area contributed by atoms with Gasteiger partial charge >= 0.3 is 0 Å². The first-order valence-electron chi connectivity index (χ1n) is 6.01. The maximum atomic E-state index is 10.7. The lowest BCUT2D eigenvalue weighted by Gasteiger charge is -2.16. The second kappa shape index (κ2) is 7.85.